The van der Waals surface area contributed by atoms with E-state index in [1.54, 1.807) is 7.11 Å². The van der Waals surface area contributed by atoms with E-state index in [0.717, 1.165) is 50.4 Å². The number of ether oxygens (including phenoxy) is 2. The third-order valence-electron chi connectivity index (χ3n) is 5.16. The fourth-order valence-electron chi connectivity index (χ4n) is 3.16. The molecule has 1 aromatic rings. The Morgan fingerprint density at radius 3 is 2.72 bits per heavy atom. The molecule has 2 fully saturated rings. The molecule has 0 heterocycles. The van der Waals surface area contributed by atoms with Crippen LogP contribution in [0, 0.1) is 5.92 Å². The molecule has 0 saturated heterocycles. The van der Waals surface area contributed by atoms with E-state index in [4.69, 9.17) is 9.47 Å². The van der Waals surface area contributed by atoms with Crippen LogP contribution in [0.3, 0.4) is 0 Å². The van der Waals surface area contributed by atoms with E-state index in [-0.39, 0.29) is 5.41 Å². The molecule has 0 radical (unpaired) electrons. The molecule has 0 amide bonds. The van der Waals surface area contributed by atoms with Gasteiger partial charge in [-0.3, -0.25) is 4.99 Å². The summed E-state index contributed by atoms with van der Waals surface area (Å²) in [4.78, 5) is 4.33. The number of guanidine groups is 1. The van der Waals surface area contributed by atoms with E-state index < -0.39 is 0 Å². The summed E-state index contributed by atoms with van der Waals surface area (Å²) in [6.07, 6.45) is 6.08. The summed E-state index contributed by atoms with van der Waals surface area (Å²) in [5.41, 5.74) is 1.48. The molecule has 3 rings (SSSR count). The maximum absolute atomic E-state index is 5.67. The van der Waals surface area contributed by atoms with Gasteiger partial charge in [0.2, 0.25) is 0 Å². The molecule has 0 atom stereocenters. The molecular weight excluding hydrogens is 314 g/mol. The van der Waals surface area contributed by atoms with Crippen molar-refractivity contribution in [2.75, 3.05) is 40.5 Å². The SMILES string of the molecule is CN=C(NCCCOCC1CC1)NCC1(c2ccccc2OC)CC1. The summed E-state index contributed by atoms with van der Waals surface area (Å²) in [5.74, 6) is 2.69. The molecule has 2 aliphatic rings. The molecule has 0 unspecified atom stereocenters. The van der Waals surface area contributed by atoms with Crippen LogP contribution >= 0.6 is 0 Å². The maximum atomic E-state index is 5.67. The first-order valence-electron chi connectivity index (χ1n) is 9.43. The van der Waals surface area contributed by atoms with Crippen molar-refractivity contribution in [2.24, 2.45) is 10.9 Å². The minimum atomic E-state index is 0.178. The van der Waals surface area contributed by atoms with Crippen molar-refractivity contribution in [2.45, 2.75) is 37.5 Å². The highest BCUT2D eigenvalue weighted by Gasteiger charge is 2.46. The fraction of sp³-hybridized carbons (Fsp3) is 0.650. The molecule has 2 N–H and O–H groups in total. The van der Waals surface area contributed by atoms with Gasteiger partial charge in [0.15, 0.2) is 5.96 Å². The van der Waals surface area contributed by atoms with Gasteiger partial charge in [0.25, 0.3) is 0 Å². The molecule has 0 aliphatic heterocycles. The number of nitrogens with one attached hydrogen (secondary N) is 2. The number of nitrogens with zero attached hydrogens (tertiary/aromatic N) is 1. The molecule has 0 aromatic heterocycles. The summed E-state index contributed by atoms with van der Waals surface area (Å²) < 4.78 is 11.2. The summed E-state index contributed by atoms with van der Waals surface area (Å²) >= 11 is 0. The van der Waals surface area contributed by atoms with Gasteiger partial charge in [-0.05, 0) is 44.1 Å². The lowest BCUT2D eigenvalue weighted by atomic mass is 9.95. The zero-order chi connectivity index (χ0) is 17.5. The van der Waals surface area contributed by atoms with Crippen molar-refractivity contribution < 1.29 is 9.47 Å². The quantitative estimate of drug-likeness (QED) is 0.389. The molecule has 0 bridgehead atoms. The molecule has 2 saturated carbocycles. The number of methoxy groups -OCH3 is 1. The molecule has 5 heteroatoms. The first-order valence-corrected chi connectivity index (χ1v) is 9.43. The highest BCUT2D eigenvalue weighted by molar-refractivity contribution is 5.79. The average molecular weight is 345 g/mol. The molecule has 138 valence electrons. The second-order valence-electron chi connectivity index (χ2n) is 7.21. The van der Waals surface area contributed by atoms with Crippen molar-refractivity contribution in [3.05, 3.63) is 29.8 Å². The van der Waals surface area contributed by atoms with Gasteiger partial charge in [-0.2, -0.15) is 0 Å². The van der Waals surface area contributed by atoms with Crippen LogP contribution in [0.2, 0.25) is 0 Å². The molecule has 0 spiro atoms. The Morgan fingerprint density at radius 1 is 1.24 bits per heavy atom. The Balaban J connectivity index is 1.40. The van der Waals surface area contributed by atoms with Crippen molar-refractivity contribution in [1.29, 1.82) is 0 Å². The normalized spacial score (nSPS) is 18.7. The van der Waals surface area contributed by atoms with Crippen LogP contribution in [-0.2, 0) is 10.2 Å². The number of rotatable bonds is 10. The third kappa shape index (κ3) is 5.11. The zero-order valence-corrected chi connectivity index (χ0v) is 15.5. The van der Waals surface area contributed by atoms with E-state index in [2.05, 4.69) is 27.8 Å². The minimum Gasteiger partial charge on any atom is -0.496 e. The lowest BCUT2D eigenvalue weighted by Gasteiger charge is -2.21. The number of para-hydroxylation sites is 1. The Hall–Kier alpha value is -1.75. The second-order valence-corrected chi connectivity index (χ2v) is 7.21. The standard InChI is InChI=1S/C20H31N3O2/c1-21-19(22-12-5-13-25-14-16-8-9-16)23-15-20(10-11-20)17-6-3-4-7-18(17)24-2/h3-4,6-7,16H,5,8-15H2,1-2H3,(H2,21,22,23). The largest absolute Gasteiger partial charge is 0.496 e. The van der Waals surface area contributed by atoms with Crippen LogP contribution in [0.25, 0.3) is 0 Å². The molecule has 25 heavy (non-hydrogen) atoms. The third-order valence-corrected chi connectivity index (χ3v) is 5.16. The number of hydrogen-bond donors (Lipinski definition) is 2. The Kier molecular flexibility index (Phi) is 6.19. The lowest BCUT2D eigenvalue weighted by Crippen LogP contribution is -2.41. The number of hydrogen-bond acceptors (Lipinski definition) is 3. The minimum absolute atomic E-state index is 0.178. The first-order chi connectivity index (χ1) is 12.3. The van der Waals surface area contributed by atoms with E-state index in [1.165, 1.54) is 31.2 Å². The molecule has 1 aromatic carbocycles. The van der Waals surface area contributed by atoms with Gasteiger partial charge in [-0.25, -0.2) is 0 Å². The predicted octanol–water partition coefficient (Wildman–Crippen LogP) is 2.71. The summed E-state index contributed by atoms with van der Waals surface area (Å²) in [7, 11) is 3.57. The summed E-state index contributed by atoms with van der Waals surface area (Å²) in [6.45, 7) is 3.53. The van der Waals surface area contributed by atoms with Gasteiger partial charge in [-0.15, -0.1) is 0 Å². The van der Waals surface area contributed by atoms with E-state index >= 15 is 0 Å². The smallest absolute Gasteiger partial charge is 0.191 e. The monoisotopic (exact) mass is 345 g/mol. The highest BCUT2D eigenvalue weighted by Crippen LogP contribution is 2.50. The predicted molar refractivity (Wildman–Crippen MR) is 101 cm³/mol. The first kappa shape index (κ1) is 18.1. The van der Waals surface area contributed by atoms with Crippen molar-refractivity contribution in [1.82, 2.24) is 10.6 Å². The van der Waals surface area contributed by atoms with E-state index in [0.29, 0.717) is 0 Å². The van der Waals surface area contributed by atoms with Gasteiger partial charge in [0, 0.05) is 44.3 Å². The summed E-state index contributed by atoms with van der Waals surface area (Å²) in [5, 5.41) is 6.86. The Labute approximate surface area is 151 Å². The topological polar surface area (TPSA) is 54.9 Å². The van der Waals surface area contributed by atoms with Crippen LogP contribution in [0.1, 0.15) is 37.7 Å². The average Bonchev–Trinajstić information content (AvgIpc) is 3.56. The Bertz CT molecular complexity index is 580. The van der Waals surface area contributed by atoms with Crippen LogP contribution in [0.15, 0.2) is 29.3 Å². The van der Waals surface area contributed by atoms with E-state index in [9.17, 15) is 0 Å². The maximum Gasteiger partial charge on any atom is 0.191 e. The number of benzene rings is 1. The fourth-order valence-corrected chi connectivity index (χ4v) is 3.16. The van der Waals surface area contributed by atoms with Gasteiger partial charge in [-0.1, -0.05) is 18.2 Å². The van der Waals surface area contributed by atoms with Gasteiger partial charge < -0.3 is 20.1 Å². The van der Waals surface area contributed by atoms with Gasteiger partial charge >= 0.3 is 0 Å². The zero-order valence-electron chi connectivity index (χ0n) is 15.5. The molecule has 2 aliphatic carbocycles. The van der Waals surface area contributed by atoms with Crippen LogP contribution in [0.5, 0.6) is 5.75 Å². The molecule has 5 nitrogen and oxygen atoms in total. The van der Waals surface area contributed by atoms with Crippen LogP contribution in [0.4, 0.5) is 0 Å². The highest BCUT2D eigenvalue weighted by atomic mass is 16.5. The van der Waals surface area contributed by atoms with Crippen molar-refractivity contribution in [3.63, 3.8) is 0 Å². The van der Waals surface area contributed by atoms with Gasteiger partial charge in [0.1, 0.15) is 5.75 Å². The summed E-state index contributed by atoms with van der Waals surface area (Å²) in [6, 6.07) is 8.34. The van der Waals surface area contributed by atoms with Crippen molar-refractivity contribution in [3.8, 4) is 5.75 Å². The van der Waals surface area contributed by atoms with Crippen LogP contribution in [-0.4, -0.2) is 46.4 Å². The van der Waals surface area contributed by atoms with E-state index in [1.807, 2.05) is 19.2 Å². The van der Waals surface area contributed by atoms with Crippen molar-refractivity contribution >= 4 is 5.96 Å². The van der Waals surface area contributed by atoms with Gasteiger partial charge in [0.05, 0.1) is 7.11 Å². The number of aliphatic imine (C=N–C) groups is 1. The second kappa shape index (κ2) is 8.56. The van der Waals surface area contributed by atoms with Crippen LogP contribution < -0.4 is 15.4 Å². The Morgan fingerprint density at radius 2 is 2.04 bits per heavy atom. The molecular formula is C20H31N3O2. The lowest BCUT2D eigenvalue weighted by molar-refractivity contribution is 0.123.